The monoisotopic (exact) mass is 279 g/mol. The van der Waals surface area contributed by atoms with E-state index in [2.05, 4.69) is 15.3 Å². The van der Waals surface area contributed by atoms with Crippen LogP contribution in [0.5, 0.6) is 0 Å². The average Bonchev–Trinajstić information content (AvgIpc) is 2.39. The van der Waals surface area contributed by atoms with Gasteiger partial charge in [0, 0.05) is 24.1 Å². The van der Waals surface area contributed by atoms with Gasteiger partial charge in [-0.25, -0.2) is 13.8 Å². The van der Waals surface area contributed by atoms with Crippen molar-refractivity contribution in [3.63, 3.8) is 0 Å². The summed E-state index contributed by atoms with van der Waals surface area (Å²) in [5.41, 5.74) is -0.107. The molecule has 4 nitrogen and oxygen atoms in total. The Morgan fingerprint density at radius 1 is 1.30 bits per heavy atom. The van der Waals surface area contributed by atoms with Gasteiger partial charge in [-0.2, -0.15) is 0 Å². The van der Waals surface area contributed by atoms with Gasteiger partial charge in [0.2, 0.25) is 0 Å². The Kier molecular flexibility index (Phi) is 4.12. The Morgan fingerprint density at radius 2 is 2.05 bits per heavy atom. The lowest BCUT2D eigenvalue weighted by molar-refractivity contribution is 0.587. The largest absolute Gasteiger partial charge is 0.366 e. The van der Waals surface area contributed by atoms with Gasteiger partial charge in [-0.15, -0.1) is 0 Å². The maximum atomic E-state index is 13.5. The second kappa shape index (κ2) is 5.81. The number of nitrogens with one attached hydrogen (secondary N) is 2. The first-order valence-electron chi connectivity index (χ1n) is 6.25. The molecule has 1 aromatic carbocycles. The molecule has 0 saturated carbocycles. The van der Waals surface area contributed by atoms with Crippen molar-refractivity contribution < 1.29 is 8.78 Å². The van der Waals surface area contributed by atoms with Gasteiger partial charge in [0.05, 0.1) is 0 Å². The fraction of sp³-hybridized carbons (Fsp3) is 0.286. The van der Waals surface area contributed by atoms with Gasteiger partial charge < -0.3 is 10.3 Å². The molecule has 1 heterocycles. The highest BCUT2D eigenvalue weighted by Crippen LogP contribution is 2.13. The lowest BCUT2D eigenvalue weighted by Crippen LogP contribution is -2.14. The molecule has 0 bridgehead atoms. The van der Waals surface area contributed by atoms with E-state index in [1.54, 1.807) is 0 Å². The minimum atomic E-state index is -0.509. The van der Waals surface area contributed by atoms with Crippen LogP contribution in [0.4, 0.5) is 14.6 Å². The molecule has 106 valence electrons. The van der Waals surface area contributed by atoms with Crippen molar-refractivity contribution in [2.75, 3.05) is 5.32 Å². The zero-order valence-corrected chi connectivity index (χ0v) is 11.2. The average molecular weight is 279 g/mol. The topological polar surface area (TPSA) is 57.8 Å². The summed E-state index contributed by atoms with van der Waals surface area (Å²) in [6.07, 6.45) is 0. The van der Waals surface area contributed by atoms with Gasteiger partial charge in [0.15, 0.2) is 0 Å². The summed E-state index contributed by atoms with van der Waals surface area (Å²) in [7, 11) is 0. The summed E-state index contributed by atoms with van der Waals surface area (Å²) in [5.74, 6) is -0.0751. The van der Waals surface area contributed by atoms with Gasteiger partial charge in [0.25, 0.3) is 5.56 Å². The molecule has 0 amide bonds. The third-order valence-corrected chi connectivity index (χ3v) is 2.77. The molecule has 0 aliphatic carbocycles. The minimum Gasteiger partial charge on any atom is -0.366 e. The molecule has 20 heavy (non-hydrogen) atoms. The highest BCUT2D eigenvalue weighted by Gasteiger charge is 2.07. The van der Waals surface area contributed by atoms with Crippen LogP contribution >= 0.6 is 0 Å². The first-order valence-corrected chi connectivity index (χ1v) is 6.25. The van der Waals surface area contributed by atoms with Crippen LogP contribution in [0.3, 0.4) is 0 Å². The SMILES string of the molecule is CC(C)c1nc(NCc2cc(F)ccc2F)cc(=O)[nH]1. The number of H-pyrrole nitrogens is 1. The summed E-state index contributed by atoms with van der Waals surface area (Å²) in [6.45, 7) is 3.85. The second-order valence-corrected chi connectivity index (χ2v) is 4.76. The van der Waals surface area contributed by atoms with Crippen molar-refractivity contribution in [3.05, 3.63) is 57.6 Å². The van der Waals surface area contributed by atoms with E-state index in [0.29, 0.717) is 11.6 Å². The van der Waals surface area contributed by atoms with Crippen LogP contribution in [0.15, 0.2) is 29.1 Å². The molecule has 0 unspecified atom stereocenters. The fourth-order valence-corrected chi connectivity index (χ4v) is 1.71. The third kappa shape index (κ3) is 3.40. The first kappa shape index (κ1) is 14.2. The van der Waals surface area contributed by atoms with Gasteiger partial charge in [-0.3, -0.25) is 4.79 Å². The predicted molar refractivity (Wildman–Crippen MR) is 72.6 cm³/mol. The molecule has 0 fully saturated rings. The first-order chi connectivity index (χ1) is 9.45. The highest BCUT2D eigenvalue weighted by molar-refractivity contribution is 5.35. The van der Waals surface area contributed by atoms with Crippen LogP contribution < -0.4 is 10.9 Å². The molecule has 6 heteroatoms. The van der Waals surface area contributed by atoms with Crippen LogP contribution in [0, 0.1) is 11.6 Å². The number of aromatic amines is 1. The van der Waals surface area contributed by atoms with Crippen molar-refractivity contribution in [2.45, 2.75) is 26.3 Å². The Morgan fingerprint density at radius 3 is 2.75 bits per heavy atom. The fourth-order valence-electron chi connectivity index (χ4n) is 1.71. The molecule has 2 aromatic rings. The molecule has 0 aliphatic rings. The number of nitrogens with zero attached hydrogens (tertiary/aromatic N) is 1. The lowest BCUT2D eigenvalue weighted by atomic mass is 10.2. The van der Waals surface area contributed by atoms with Gasteiger partial charge in [-0.1, -0.05) is 13.8 Å². The van der Waals surface area contributed by atoms with Crippen LogP contribution in [-0.4, -0.2) is 9.97 Å². The Hall–Kier alpha value is -2.24. The minimum absolute atomic E-state index is 0.0532. The molecule has 2 N–H and O–H groups in total. The van der Waals surface area contributed by atoms with E-state index in [1.165, 1.54) is 6.07 Å². The van der Waals surface area contributed by atoms with Crippen molar-refractivity contribution >= 4 is 5.82 Å². The summed E-state index contributed by atoms with van der Waals surface area (Å²) < 4.78 is 26.5. The number of hydrogen-bond acceptors (Lipinski definition) is 3. The Labute approximate surface area is 114 Å². The van der Waals surface area contributed by atoms with Crippen LogP contribution in [0.25, 0.3) is 0 Å². The molecule has 0 aliphatic heterocycles. The normalized spacial score (nSPS) is 10.8. The molecule has 2 rings (SSSR count). The summed E-state index contributed by atoms with van der Waals surface area (Å²) in [4.78, 5) is 18.3. The molecule has 0 atom stereocenters. The van der Waals surface area contributed by atoms with E-state index in [4.69, 9.17) is 0 Å². The summed E-state index contributed by atoms with van der Waals surface area (Å²) in [6, 6.07) is 4.51. The summed E-state index contributed by atoms with van der Waals surface area (Å²) in [5, 5.41) is 2.83. The van der Waals surface area contributed by atoms with E-state index in [0.717, 1.165) is 18.2 Å². The smallest absolute Gasteiger partial charge is 0.252 e. The van der Waals surface area contributed by atoms with Crippen LogP contribution in [0.2, 0.25) is 0 Å². The number of rotatable bonds is 4. The Balaban J connectivity index is 2.18. The molecule has 0 spiro atoms. The quantitative estimate of drug-likeness (QED) is 0.904. The zero-order valence-electron chi connectivity index (χ0n) is 11.2. The number of halogens is 2. The molecule has 0 radical (unpaired) electrons. The van der Waals surface area contributed by atoms with Crippen molar-refractivity contribution in [2.24, 2.45) is 0 Å². The van der Waals surface area contributed by atoms with Crippen molar-refractivity contribution in [1.29, 1.82) is 0 Å². The van der Waals surface area contributed by atoms with Crippen LogP contribution in [-0.2, 0) is 6.54 Å². The molecule has 0 saturated heterocycles. The lowest BCUT2D eigenvalue weighted by Gasteiger charge is -2.09. The second-order valence-electron chi connectivity index (χ2n) is 4.76. The number of hydrogen-bond donors (Lipinski definition) is 2. The van der Waals surface area contributed by atoms with Crippen molar-refractivity contribution in [3.8, 4) is 0 Å². The van der Waals surface area contributed by atoms with E-state index in [-0.39, 0.29) is 23.6 Å². The maximum Gasteiger partial charge on any atom is 0.252 e. The molecular weight excluding hydrogens is 264 g/mol. The summed E-state index contributed by atoms with van der Waals surface area (Å²) >= 11 is 0. The van der Waals surface area contributed by atoms with E-state index >= 15 is 0 Å². The van der Waals surface area contributed by atoms with E-state index in [1.807, 2.05) is 13.8 Å². The number of aromatic nitrogens is 2. The maximum absolute atomic E-state index is 13.5. The highest BCUT2D eigenvalue weighted by atomic mass is 19.1. The standard InChI is InChI=1S/C14H15F2N3O/c1-8(2)14-18-12(6-13(20)19-14)17-7-9-5-10(15)3-4-11(9)16/h3-6,8H,7H2,1-2H3,(H2,17,18,19,20). The van der Waals surface area contributed by atoms with Gasteiger partial charge in [-0.05, 0) is 18.2 Å². The third-order valence-electron chi connectivity index (χ3n) is 2.77. The van der Waals surface area contributed by atoms with Gasteiger partial charge in [0.1, 0.15) is 23.3 Å². The Bertz CT molecular complexity index is 668. The zero-order chi connectivity index (χ0) is 14.7. The van der Waals surface area contributed by atoms with Crippen molar-refractivity contribution in [1.82, 2.24) is 9.97 Å². The van der Waals surface area contributed by atoms with Crippen LogP contribution in [0.1, 0.15) is 31.2 Å². The van der Waals surface area contributed by atoms with E-state index in [9.17, 15) is 13.6 Å². The predicted octanol–water partition coefficient (Wildman–Crippen LogP) is 2.78. The van der Waals surface area contributed by atoms with Gasteiger partial charge >= 0.3 is 0 Å². The molecular formula is C14H15F2N3O. The molecule has 1 aromatic heterocycles. The van der Waals surface area contributed by atoms with E-state index < -0.39 is 11.6 Å². The number of anilines is 1. The number of benzene rings is 1.